The highest BCUT2D eigenvalue weighted by atomic mass is 16.5. The zero-order valence-corrected chi connectivity index (χ0v) is 13.9. The van der Waals surface area contributed by atoms with Crippen LogP contribution in [0.3, 0.4) is 0 Å². The Morgan fingerprint density at radius 1 is 1.12 bits per heavy atom. The molecule has 1 aliphatic rings. The number of rotatable bonds is 5. The summed E-state index contributed by atoms with van der Waals surface area (Å²) < 4.78 is 10.4. The van der Waals surface area contributed by atoms with Gasteiger partial charge in [-0.15, -0.1) is 0 Å². The summed E-state index contributed by atoms with van der Waals surface area (Å²) in [5.41, 5.74) is 2.23. The van der Waals surface area contributed by atoms with Crippen LogP contribution in [0, 0.1) is 0 Å². The Balaban J connectivity index is 1.79. The van der Waals surface area contributed by atoms with E-state index in [1.54, 1.807) is 0 Å². The number of nitrogens with one attached hydrogen (secondary N) is 1. The van der Waals surface area contributed by atoms with Crippen molar-refractivity contribution in [1.29, 1.82) is 0 Å². The maximum Gasteiger partial charge on any atom is 0.307 e. The summed E-state index contributed by atoms with van der Waals surface area (Å²) >= 11 is 0. The molecule has 0 saturated heterocycles. The normalized spacial score (nSPS) is 13.7. The molecule has 1 amide bonds. The number of para-hydroxylation sites is 1. The van der Waals surface area contributed by atoms with E-state index in [1.807, 2.05) is 60.7 Å². The van der Waals surface area contributed by atoms with Crippen LogP contribution in [0.2, 0.25) is 0 Å². The minimum absolute atomic E-state index is 0.0664. The molecule has 2 aromatic rings. The van der Waals surface area contributed by atoms with Gasteiger partial charge in [0.05, 0.1) is 25.1 Å². The minimum Gasteiger partial charge on any atom is -0.488 e. The molecule has 1 heterocycles. The molecule has 5 nitrogen and oxygen atoms in total. The van der Waals surface area contributed by atoms with Gasteiger partial charge in [-0.2, -0.15) is 0 Å². The van der Waals surface area contributed by atoms with E-state index >= 15 is 0 Å². The van der Waals surface area contributed by atoms with Crippen molar-refractivity contribution < 1.29 is 19.1 Å². The fraction of sp³-hybridized carbons (Fsp3) is 0.200. The van der Waals surface area contributed by atoms with Crippen molar-refractivity contribution in [1.82, 2.24) is 5.32 Å². The fourth-order valence-electron chi connectivity index (χ4n) is 2.69. The molecule has 0 aromatic heterocycles. The first-order chi connectivity index (χ1) is 12.2. The summed E-state index contributed by atoms with van der Waals surface area (Å²) in [6.07, 6.45) is 1.88. The van der Waals surface area contributed by atoms with Gasteiger partial charge in [0.15, 0.2) is 0 Å². The van der Waals surface area contributed by atoms with Crippen molar-refractivity contribution in [2.75, 3.05) is 13.7 Å². The van der Waals surface area contributed by atoms with E-state index < -0.39 is 6.04 Å². The van der Waals surface area contributed by atoms with E-state index in [-0.39, 0.29) is 24.9 Å². The van der Waals surface area contributed by atoms with Crippen molar-refractivity contribution in [3.8, 4) is 5.75 Å². The molecule has 128 valence electrons. The monoisotopic (exact) mass is 337 g/mol. The Kier molecular flexibility index (Phi) is 5.14. The molecule has 0 saturated carbocycles. The lowest BCUT2D eigenvalue weighted by molar-refractivity contribution is -0.141. The van der Waals surface area contributed by atoms with Gasteiger partial charge in [0.25, 0.3) is 5.91 Å². The zero-order valence-electron chi connectivity index (χ0n) is 13.9. The Morgan fingerprint density at radius 2 is 1.84 bits per heavy atom. The molecule has 1 N–H and O–H groups in total. The van der Waals surface area contributed by atoms with Crippen molar-refractivity contribution >= 4 is 18.0 Å². The van der Waals surface area contributed by atoms with Crippen LogP contribution in [0.5, 0.6) is 5.75 Å². The van der Waals surface area contributed by atoms with E-state index in [0.717, 1.165) is 16.9 Å². The largest absolute Gasteiger partial charge is 0.488 e. The second kappa shape index (κ2) is 7.66. The quantitative estimate of drug-likeness (QED) is 0.852. The molecular weight excluding hydrogens is 318 g/mol. The summed E-state index contributed by atoms with van der Waals surface area (Å²) in [4.78, 5) is 24.4. The molecule has 2 aromatic carbocycles. The van der Waals surface area contributed by atoms with Crippen LogP contribution in [0.4, 0.5) is 0 Å². The number of methoxy groups -OCH3 is 1. The van der Waals surface area contributed by atoms with Gasteiger partial charge < -0.3 is 14.8 Å². The van der Waals surface area contributed by atoms with E-state index in [0.29, 0.717) is 5.57 Å². The first-order valence-electron chi connectivity index (χ1n) is 8.02. The standard InChI is InChI=1S/C20H19NO4/c1-24-19(22)12-17(14-7-3-2-4-8-14)21-20(23)16-11-15-9-5-6-10-18(15)25-13-16/h2-11,17H,12-13H2,1H3,(H,21,23)/t17-/m0/s1. The molecule has 5 heteroatoms. The molecule has 0 radical (unpaired) electrons. The molecule has 0 bridgehead atoms. The van der Waals surface area contributed by atoms with Gasteiger partial charge in [0.2, 0.25) is 0 Å². The molecule has 1 aliphatic heterocycles. The Morgan fingerprint density at radius 3 is 2.60 bits per heavy atom. The molecule has 3 rings (SSSR count). The lowest BCUT2D eigenvalue weighted by Crippen LogP contribution is -2.33. The first-order valence-corrected chi connectivity index (χ1v) is 8.02. The number of ether oxygens (including phenoxy) is 2. The van der Waals surface area contributed by atoms with Crippen LogP contribution in [0.15, 0.2) is 60.2 Å². The third kappa shape index (κ3) is 4.07. The molecule has 0 unspecified atom stereocenters. The molecule has 25 heavy (non-hydrogen) atoms. The average molecular weight is 337 g/mol. The number of amides is 1. The van der Waals surface area contributed by atoms with Crippen LogP contribution < -0.4 is 10.1 Å². The van der Waals surface area contributed by atoms with E-state index in [9.17, 15) is 9.59 Å². The molecule has 1 atom stereocenters. The molecular formula is C20H19NO4. The fourth-order valence-corrected chi connectivity index (χ4v) is 2.69. The predicted molar refractivity (Wildman–Crippen MR) is 93.9 cm³/mol. The highest BCUT2D eigenvalue weighted by Crippen LogP contribution is 2.26. The van der Waals surface area contributed by atoms with Crippen LogP contribution in [0.25, 0.3) is 6.08 Å². The number of esters is 1. The number of carbonyl (C=O) groups excluding carboxylic acids is 2. The number of hydrogen-bond donors (Lipinski definition) is 1. The SMILES string of the molecule is COC(=O)C[C@H](NC(=O)C1=Cc2ccccc2OC1)c1ccccc1. The summed E-state index contributed by atoms with van der Waals surface area (Å²) in [5.74, 6) is 0.119. The summed E-state index contributed by atoms with van der Waals surface area (Å²) in [6.45, 7) is 0.197. The summed E-state index contributed by atoms with van der Waals surface area (Å²) in [7, 11) is 1.33. The predicted octanol–water partition coefficient (Wildman–Crippen LogP) is 2.88. The van der Waals surface area contributed by atoms with Crippen LogP contribution >= 0.6 is 0 Å². The smallest absolute Gasteiger partial charge is 0.307 e. The summed E-state index contributed by atoms with van der Waals surface area (Å²) in [5, 5.41) is 2.91. The van der Waals surface area contributed by atoms with E-state index in [4.69, 9.17) is 9.47 Å². The number of fused-ring (bicyclic) bond motifs is 1. The van der Waals surface area contributed by atoms with Gasteiger partial charge in [-0.1, -0.05) is 48.5 Å². The highest BCUT2D eigenvalue weighted by Gasteiger charge is 2.22. The maximum atomic E-state index is 12.6. The number of hydrogen-bond acceptors (Lipinski definition) is 4. The van der Waals surface area contributed by atoms with Gasteiger partial charge in [-0.3, -0.25) is 9.59 Å². The molecule has 0 fully saturated rings. The lowest BCUT2D eigenvalue weighted by atomic mass is 10.0. The minimum atomic E-state index is -0.459. The van der Waals surface area contributed by atoms with Crippen molar-refractivity contribution in [3.63, 3.8) is 0 Å². The first kappa shape index (κ1) is 16.8. The number of carbonyl (C=O) groups is 2. The second-order valence-electron chi connectivity index (χ2n) is 5.71. The van der Waals surface area contributed by atoms with Gasteiger partial charge in [-0.05, 0) is 17.7 Å². The average Bonchev–Trinajstić information content (AvgIpc) is 2.67. The lowest BCUT2D eigenvalue weighted by Gasteiger charge is -2.21. The molecule has 0 aliphatic carbocycles. The van der Waals surface area contributed by atoms with Crippen molar-refractivity contribution in [2.24, 2.45) is 0 Å². The Bertz CT molecular complexity index is 798. The van der Waals surface area contributed by atoms with Gasteiger partial charge in [0, 0.05) is 5.56 Å². The summed E-state index contributed by atoms with van der Waals surface area (Å²) in [6, 6.07) is 16.4. The van der Waals surface area contributed by atoms with Crippen molar-refractivity contribution in [3.05, 3.63) is 71.3 Å². The second-order valence-corrected chi connectivity index (χ2v) is 5.71. The van der Waals surface area contributed by atoms with Gasteiger partial charge >= 0.3 is 5.97 Å². The van der Waals surface area contributed by atoms with Crippen LogP contribution in [-0.4, -0.2) is 25.6 Å². The maximum absolute atomic E-state index is 12.6. The third-order valence-electron chi connectivity index (χ3n) is 4.03. The number of benzene rings is 2. The highest BCUT2D eigenvalue weighted by molar-refractivity contribution is 5.99. The van der Waals surface area contributed by atoms with E-state index in [1.165, 1.54) is 7.11 Å². The van der Waals surface area contributed by atoms with Gasteiger partial charge in [0.1, 0.15) is 12.4 Å². The van der Waals surface area contributed by atoms with Crippen LogP contribution in [0.1, 0.15) is 23.6 Å². The zero-order chi connectivity index (χ0) is 17.6. The van der Waals surface area contributed by atoms with E-state index in [2.05, 4.69) is 5.32 Å². The molecule has 0 spiro atoms. The van der Waals surface area contributed by atoms with Crippen molar-refractivity contribution in [2.45, 2.75) is 12.5 Å². The topological polar surface area (TPSA) is 64.6 Å². The Labute approximate surface area is 146 Å². The third-order valence-corrected chi connectivity index (χ3v) is 4.03. The van der Waals surface area contributed by atoms with Crippen LogP contribution in [-0.2, 0) is 14.3 Å². The van der Waals surface area contributed by atoms with Gasteiger partial charge in [-0.25, -0.2) is 0 Å². The Hall–Kier alpha value is -3.08.